The minimum atomic E-state index is 0. The summed E-state index contributed by atoms with van der Waals surface area (Å²) in [5, 5.41) is 4.25. The van der Waals surface area contributed by atoms with Gasteiger partial charge < -0.3 is 10.2 Å². The number of guanidine groups is 1. The first-order valence-corrected chi connectivity index (χ1v) is 9.69. The number of nitrogens with zero attached hydrogens (tertiary/aromatic N) is 2. The fourth-order valence-electron chi connectivity index (χ4n) is 2.17. The number of rotatable bonds is 6. The zero-order valence-electron chi connectivity index (χ0n) is 13.2. The van der Waals surface area contributed by atoms with Crippen molar-refractivity contribution < 1.29 is 0 Å². The zero-order chi connectivity index (χ0) is 14.1. The maximum atomic E-state index is 4.44. The van der Waals surface area contributed by atoms with E-state index in [0.717, 1.165) is 36.8 Å². The normalized spacial score (nSPS) is 19.9. The van der Waals surface area contributed by atoms with Crippen LogP contribution in [0.2, 0.25) is 0 Å². The van der Waals surface area contributed by atoms with Gasteiger partial charge in [0.1, 0.15) is 0 Å². The Kier molecular flexibility index (Phi) is 12.7. The Labute approximate surface area is 150 Å². The lowest BCUT2D eigenvalue weighted by molar-refractivity contribution is 0.380. The lowest BCUT2D eigenvalue weighted by atomic mass is 10.1. The molecule has 120 valence electrons. The summed E-state index contributed by atoms with van der Waals surface area (Å²) in [6, 6.07) is 0. The molecule has 1 aliphatic heterocycles. The van der Waals surface area contributed by atoms with Gasteiger partial charge in [0, 0.05) is 37.7 Å². The van der Waals surface area contributed by atoms with Gasteiger partial charge in [0.2, 0.25) is 0 Å². The highest BCUT2D eigenvalue weighted by Gasteiger charge is 2.24. The van der Waals surface area contributed by atoms with E-state index in [1.165, 1.54) is 24.3 Å². The predicted molar refractivity (Wildman–Crippen MR) is 107 cm³/mol. The summed E-state index contributed by atoms with van der Waals surface area (Å²) < 4.78 is 0. The van der Waals surface area contributed by atoms with E-state index in [-0.39, 0.29) is 24.0 Å². The van der Waals surface area contributed by atoms with Crippen LogP contribution in [-0.4, -0.2) is 60.6 Å². The SMILES string of the molecule is CN=C(NCCCCSC)N1CCSC(C(C)C)C1.I. The van der Waals surface area contributed by atoms with Crippen LogP contribution in [0.25, 0.3) is 0 Å². The Bertz CT molecular complexity index is 275. The van der Waals surface area contributed by atoms with Crippen molar-refractivity contribution in [2.24, 2.45) is 10.9 Å². The van der Waals surface area contributed by atoms with Gasteiger partial charge in [-0.05, 0) is 30.8 Å². The van der Waals surface area contributed by atoms with Crippen molar-refractivity contribution in [3.05, 3.63) is 0 Å². The molecule has 1 heterocycles. The quantitative estimate of drug-likeness (QED) is 0.302. The Morgan fingerprint density at radius 3 is 2.80 bits per heavy atom. The largest absolute Gasteiger partial charge is 0.356 e. The van der Waals surface area contributed by atoms with Crippen LogP contribution in [0.5, 0.6) is 0 Å². The van der Waals surface area contributed by atoms with Crippen molar-refractivity contribution in [1.82, 2.24) is 10.2 Å². The summed E-state index contributed by atoms with van der Waals surface area (Å²) in [7, 11) is 1.90. The monoisotopic (exact) mass is 431 g/mol. The highest BCUT2D eigenvalue weighted by molar-refractivity contribution is 14.0. The molecule has 1 atom stereocenters. The summed E-state index contributed by atoms with van der Waals surface area (Å²) in [6.07, 6.45) is 4.69. The van der Waals surface area contributed by atoms with Gasteiger partial charge in [0.25, 0.3) is 0 Å². The van der Waals surface area contributed by atoms with Crippen LogP contribution < -0.4 is 5.32 Å². The standard InChI is InChI=1S/C14H29N3S2.HI/c1-12(2)13-11-17(8-10-19-13)14(15-3)16-7-5-6-9-18-4;/h12-13H,5-11H2,1-4H3,(H,15,16);1H. The van der Waals surface area contributed by atoms with Crippen molar-refractivity contribution in [2.45, 2.75) is 31.9 Å². The van der Waals surface area contributed by atoms with Crippen LogP contribution in [-0.2, 0) is 0 Å². The van der Waals surface area contributed by atoms with Crippen molar-refractivity contribution in [3.8, 4) is 0 Å². The van der Waals surface area contributed by atoms with Crippen molar-refractivity contribution >= 4 is 53.5 Å². The van der Waals surface area contributed by atoms with E-state index in [4.69, 9.17) is 0 Å². The van der Waals surface area contributed by atoms with Gasteiger partial charge in [-0.3, -0.25) is 4.99 Å². The lowest BCUT2D eigenvalue weighted by Crippen LogP contribution is -2.49. The molecule has 0 bridgehead atoms. The first-order chi connectivity index (χ1) is 9.19. The van der Waals surface area contributed by atoms with Gasteiger partial charge in [-0.2, -0.15) is 23.5 Å². The molecular weight excluding hydrogens is 401 g/mol. The van der Waals surface area contributed by atoms with Crippen molar-refractivity contribution in [3.63, 3.8) is 0 Å². The van der Waals surface area contributed by atoms with Gasteiger partial charge in [0.15, 0.2) is 5.96 Å². The van der Waals surface area contributed by atoms with Gasteiger partial charge in [-0.25, -0.2) is 0 Å². The molecule has 0 spiro atoms. The van der Waals surface area contributed by atoms with E-state index in [1.807, 2.05) is 18.8 Å². The summed E-state index contributed by atoms with van der Waals surface area (Å²) in [5.74, 6) is 4.31. The lowest BCUT2D eigenvalue weighted by Gasteiger charge is -2.36. The number of hydrogen-bond acceptors (Lipinski definition) is 3. The second-order valence-electron chi connectivity index (χ2n) is 5.27. The average Bonchev–Trinajstić information content (AvgIpc) is 2.43. The molecule has 0 radical (unpaired) electrons. The Hall–Kier alpha value is 0.700. The van der Waals surface area contributed by atoms with E-state index < -0.39 is 0 Å². The number of unbranched alkanes of at least 4 members (excludes halogenated alkanes) is 1. The second kappa shape index (κ2) is 12.3. The van der Waals surface area contributed by atoms with E-state index in [2.05, 4.69) is 47.1 Å². The Balaban J connectivity index is 0.00000361. The number of halogens is 1. The van der Waals surface area contributed by atoms with Crippen LogP contribution in [0.15, 0.2) is 4.99 Å². The first-order valence-electron chi connectivity index (χ1n) is 7.25. The molecule has 1 aliphatic rings. The third kappa shape index (κ3) is 7.64. The fraction of sp³-hybridized carbons (Fsp3) is 0.929. The smallest absolute Gasteiger partial charge is 0.193 e. The Morgan fingerprint density at radius 1 is 1.45 bits per heavy atom. The van der Waals surface area contributed by atoms with Gasteiger partial charge in [0.05, 0.1) is 0 Å². The molecule has 0 aromatic rings. The van der Waals surface area contributed by atoms with Crippen LogP contribution in [0, 0.1) is 5.92 Å². The number of hydrogen-bond donors (Lipinski definition) is 1. The molecule has 0 amide bonds. The van der Waals surface area contributed by atoms with Gasteiger partial charge in [-0.15, -0.1) is 24.0 Å². The topological polar surface area (TPSA) is 27.6 Å². The molecule has 0 saturated carbocycles. The fourth-order valence-corrected chi connectivity index (χ4v) is 3.97. The average molecular weight is 431 g/mol. The van der Waals surface area contributed by atoms with Crippen LogP contribution >= 0.6 is 47.5 Å². The van der Waals surface area contributed by atoms with Crippen molar-refractivity contribution in [2.75, 3.05) is 44.4 Å². The predicted octanol–water partition coefficient (Wildman–Crippen LogP) is 3.40. The van der Waals surface area contributed by atoms with E-state index in [9.17, 15) is 0 Å². The summed E-state index contributed by atoms with van der Waals surface area (Å²) >= 11 is 4.04. The van der Waals surface area contributed by atoms with Crippen LogP contribution in [0.4, 0.5) is 0 Å². The molecule has 1 saturated heterocycles. The first kappa shape index (κ1) is 20.7. The molecule has 1 fully saturated rings. The molecule has 1 rings (SSSR count). The molecule has 1 unspecified atom stereocenters. The highest BCUT2D eigenvalue weighted by Crippen LogP contribution is 2.24. The van der Waals surface area contributed by atoms with E-state index in [0.29, 0.717) is 0 Å². The molecule has 6 heteroatoms. The maximum Gasteiger partial charge on any atom is 0.193 e. The molecule has 20 heavy (non-hydrogen) atoms. The molecule has 0 aromatic heterocycles. The third-order valence-electron chi connectivity index (χ3n) is 3.41. The minimum absolute atomic E-state index is 0. The number of thioether (sulfide) groups is 2. The summed E-state index contributed by atoms with van der Waals surface area (Å²) in [4.78, 5) is 6.87. The molecule has 0 aromatic carbocycles. The Morgan fingerprint density at radius 2 is 2.20 bits per heavy atom. The second-order valence-corrected chi connectivity index (χ2v) is 7.61. The minimum Gasteiger partial charge on any atom is -0.356 e. The van der Waals surface area contributed by atoms with Gasteiger partial charge in [-0.1, -0.05) is 13.8 Å². The summed E-state index contributed by atoms with van der Waals surface area (Å²) in [5.41, 5.74) is 0. The molecule has 3 nitrogen and oxygen atoms in total. The highest BCUT2D eigenvalue weighted by atomic mass is 127. The number of aliphatic imine (C=N–C) groups is 1. The van der Waals surface area contributed by atoms with Crippen molar-refractivity contribution in [1.29, 1.82) is 0 Å². The molecular formula is C14H30IN3S2. The van der Waals surface area contributed by atoms with Gasteiger partial charge >= 0.3 is 0 Å². The van der Waals surface area contributed by atoms with E-state index in [1.54, 1.807) is 0 Å². The van der Waals surface area contributed by atoms with Crippen LogP contribution in [0.3, 0.4) is 0 Å². The third-order valence-corrected chi connectivity index (χ3v) is 5.64. The number of nitrogens with one attached hydrogen (secondary N) is 1. The van der Waals surface area contributed by atoms with Crippen LogP contribution in [0.1, 0.15) is 26.7 Å². The zero-order valence-corrected chi connectivity index (χ0v) is 17.2. The molecule has 1 N–H and O–H groups in total. The maximum absolute atomic E-state index is 4.44. The van der Waals surface area contributed by atoms with E-state index >= 15 is 0 Å². The molecule has 0 aliphatic carbocycles. The summed E-state index contributed by atoms with van der Waals surface area (Å²) in [6.45, 7) is 7.94.